The van der Waals surface area contributed by atoms with Crippen LogP contribution in [0.2, 0.25) is 0 Å². The lowest BCUT2D eigenvalue weighted by molar-refractivity contribution is -0.334. The molecular weight excluding hydrogens is 1040 g/mol. The zero-order chi connectivity index (χ0) is 53.2. The van der Waals surface area contributed by atoms with Crippen molar-refractivity contribution in [2.75, 3.05) is 45.9 Å². The largest absolute Gasteiger partial charge is 0.297 e. The highest BCUT2D eigenvalue weighted by Crippen LogP contribution is 2.31. The number of sulfonamides is 4. The molecule has 0 aliphatic heterocycles. The number of aryl methyl sites for hydroxylation is 5. The highest BCUT2D eigenvalue weighted by molar-refractivity contribution is 7.90. The SMILES string of the molecule is Cc1ccc(S(=O)(=O)NC(CC2CCC(OON)CC2)CN(CCN(CCN(CCOS(=O)(=O)c2ccc(C)cc2)S(=O)(=O)c2ccc(C)cc2)S(=O)(=O)c2ccc(C)cc2)S(=O)(=O)c2ccc(C)cc2)cc1. The first-order valence-corrected chi connectivity index (χ1v) is 30.9. The Labute approximate surface area is 431 Å². The zero-order valence-electron chi connectivity index (χ0n) is 41.5. The van der Waals surface area contributed by atoms with Crippen LogP contribution in [0.1, 0.15) is 59.9 Å². The van der Waals surface area contributed by atoms with Crippen molar-refractivity contribution in [3.8, 4) is 0 Å². The van der Waals surface area contributed by atoms with Gasteiger partial charge in [-0.1, -0.05) is 88.5 Å². The van der Waals surface area contributed by atoms with Gasteiger partial charge < -0.3 is 0 Å². The summed E-state index contributed by atoms with van der Waals surface area (Å²) in [6, 6.07) is 29.0. The van der Waals surface area contributed by atoms with Crippen LogP contribution in [0.5, 0.6) is 0 Å². The van der Waals surface area contributed by atoms with Gasteiger partial charge in [0.2, 0.25) is 40.1 Å². The van der Waals surface area contributed by atoms with Crippen LogP contribution >= 0.6 is 0 Å². The summed E-state index contributed by atoms with van der Waals surface area (Å²) in [5.41, 5.74) is 3.92. The fourth-order valence-electron chi connectivity index (χ4n) is 8.42. The van der Waals surface area contributed by atoms with E-state index in [1.54, 1.807) is 88.4 Å². The van der Waals surface area contributed by atoms with Crippen LogP contribution in [0.15, 0.2) is 146 Å². The molecule has 18 nitrogen and oxygen atoms in total. The molecule has 23 heteroatoms. The van der Waals surface area contributed by atoms with Crippen LogP contribution in [0.25, 0.3) is 0 Å². The predicted molar refractivity (Wildman–Crippen MR) is 276 cm³/mol. The van der Waals surface area contributed by atoms with Gasteiger partial charge in [0.1, 0.15) is 0 Å². The van der Waals surface area contributed by atoms with Crippen molar-refractivity contribution in [2.45, 2.75) is 103 Å². The van der Waals surface area contributed by atoms with Crippen LogP contribution in [0.3, 0.4) is 0 Å². The molecule has 1 aliphatic carbocycles. The summed E-state index contributed by atoms with van der Waals surface area (Å²) in [6.07, 6.45) is 2.15. The zero-order valence-corrected chi connectivity index (χ0v) is 45.6. The second-order valence-corrected chi connectivity index (χ2v) is 27.5. The fraction of sp³-hybridized carbons (Fsp3) is 0.400. The third kappa shape index (κ3) is 15.6. The molecule has 5 aromatic carbocycles. The number of rotatable bonds is 26. The second kappa shape index (κ2) is 24.9. The van der Waals surface area contributed by atoms with Gasteiger partial charge in [0.15, 0.2) is 0 Å². The van der Waals surface area contributed by atoms with E-state index >= 15 is 0 Å². The molecule has 5 aromatic rings. The molecule has 398 valence electrons. The van der Waals surface area contributed by atoms with Crippen LogP contribution in [0, 0.1) is 40.5 Å². The molecule has 0 bridgehead atoms. The summed E-state index contributed by atoms with van der Waals surface area (Å²) >= 11 is 0. The van der Waals surface area contributed by atoms with E-state index < -0.39 is 102 Å². The normalized spacial score (nSPS) is 16.6. The van der Waals surface area contributed by atoms with E-state index in [1.165, 1.54) is 60.7 Å². The van der Waals surface area contributed by atoms with Crippen molar-refractivity contribution in [1.29, 1.82) is 0 Å². The molecule has 1 atom stereocenters. The summed E-state index contributed by atoms with van der Waals surface area (Å²) in [4.78, 5) is 8.97. The van der Waals surface area contributed by atoms with E-state index in [4.69, 9.17) is 15.0 Å². The first-order valence-electron chi connectivity index (χ1n) is 23.7. The quantitative estimate of drug-likeness (QED) is 0.0360. The molecule has 0 heterocycles. The molecule has 1 unspecified atom stereocenters. The van der Waals surface area contributed by atoms with E-state index in [1.807, 2.05) is 6.92 Å². The van der Waals surface area contributed by atoms with E-state index in [0.29, 0.717) is 25.7 Å². The number of nitrogens with one attached hydrogen (secondary N) is 1. The maximum atomic E-state index is 14.9. The molecule has 0 radical (unpaired) electrons. The van der Waals surface area contributed by atoms with Crippen molar-refractivity contribution >= 4 is 50.2 Å². The maximum absolute atomic E-state index is 14.9. The predicted octanol–water partition coefficient (Wildman–Crippen LogP) is 6.12. The highest BCUT2D eigenvalue weighted by atomic mass is 32.2. The molecule has 3 N–H and O–H groups in total. The number of benzene rings is 5. The lowest BCUT2D eigenvalue weighted by Crippen LogP contribution is -2.50. The Balaban J connectivity index is 1.37. The van der Waals surface area contributed by atoms with Crippen LogP contribution in [-0.2, 0) is 64.3 Å². The Morgan fingerprint density at radius 2 is 0.822 bits per heavy atom. The van der Waals surface area contributed by atoms with E-state index in [9.17, 15) is 42.1 Å². The van der Waals surface area contributed by atoms with Gasteiger partial charge in [-0.05, 0) is 133 Å². The van der Waals surface area contributed by atoms with Crippen LogP contribution in [-0.4, -0.2) is 113 Å². The third-order valence-electron chi connectivity index (χ3n) is 12.7. The topological polar surface area (TPSA) is 246 Å². The van der Waals surface area contributed by atoms with Gasteiger partial charge in [-0.3, -0.25) is 4.18 Å². The molecular formula is C50H65N5O13S5. The van der Waals surface area contributed by atoms with Crippen molar-refractivity contribution in [3.05, 3.63) is 149 Å². The van der Waals surface area contributed by atoms with Crippen molar-refractivity contribution in [2.24, 2.45) is 11.8 Å². The van der Waals surface area contributed by atoms with Gasteiger partial charge in [-0.15, -0.1) is 4.99 Å². The lowest BCUT2D eigenvalue weighted by atomic mass is 9.83. The first kappa shape index (κ1) is 57.8. The number of nitrogens with zero attached hydrogens (tertiary/aromatic N) is 3. The average Bonchev–Trinajstić information content (AvgIpc) is 3.34. The maximum Gasteiger partial charge on any atom is 0.297 e. The Hall–Kier alpha value is -4.47. The van der Waals surface area contributed by atoms with E-state index in [-0.39, 0.29) is 42.9 Å². The highest BCUT2D eigenvalue weighted by Gasteiger charge is 2.35. The molecule has 73 heavy (non-hydrogen) atoms. The summed E-state index contributed by atoms with van der Waals surface area (Å²) < 4.78 is 154. The molecule has 0 aromatic heterocycles. The average molecular weight is 1100 g/mol. The standard InChI is InChI=1S/C50H65N5O13S5/c1-38-6-20-46(21-7-38)69(56,57)52-44(36-43-16-18-45(19-17-43)67-68-51)37-55(72(62,63)49-26-12-41(4)13-27-49)33-32-53(70(58,59)47-22-8-39(2)9-23-47)30-31-54(71(60,61)48-24-10-40(3)11-25-48)34-35-66-73(64,65)50-28-14-42(5)15-29-50/h6-15,20-29,43-45,52H,16-19,30-37,51H2,1-5H3. The van der Waals surface area contributed by atoms with Gasteiger partial charge in [0.25, 0.3) is 10.1 Å². The number of hydrogen-bond donors (Lipinski definition) is 2. The van der Waals surface area contributed by atoms with Crippen LogP contribution in [0.4, 0.5) is 0 Å². The fourth-order valence-corrected chi connectivity index (χ4v) is 14.9. The van der Waals surface area contributed by atoms with Crippen molar-refractivity contribution in [1.82, 2.24) is 17.6 Å². The molecule has 0 spiro atoms. The van der Waals surface area contributed by atoms with Gasteiger partial charge in [0, 0.05) is 45.3 Å². The van der Waals surface area contributed by atoms with Gasteiger partial charge in [-0.2, -0.15) is 27.2 Å². The molecule has 1 saturated carbocycles. The van der Waals surface area contributed by atoms with Crippen molar-refractivity contribution in [3.63, 3.8) is 0 Å². The Bertz CT molecular complexity index is 3180. The summed E-state index contributed by atoms with van der Waals surface area (Å²) in [5.74, 6) is 5.06. The third-order valence-corrected chi connectivity index (χ3v) is 21.3. The van der Waals surface area contributed by atoms with Crippen LogP contribution < -0.4 is 10.6 Å². The van der Waals surface area contributed by atoms with Gasteiger partial charge in [-0.25, -0.2) is 43.3 Å². The molecule has 0 amide bonds. The first-order chi connectivity index (χ1) is 34.4. The Kier molecular flexibility index (Phi) is 19.7. The Morgan fingerprint density at radius 1 is 0.479 bits per heavy atom. The van der Waals surface area contributed by atoms with Gasteiger partial charge >= 0.3 is 0 Å². The summed E-state index contributed by atoms with van der Waals surface area (Å²) in [5, 5.41) is 0. The van der Waals surface area contributed by atoms with Gasteiger partial charge in [0.05, 0.1) is 37.2 Å². The van der Waals surface area contributed by atoms with Crippen molar-refractivity contribution < 1.29 is 56.1 Å². The van der Waals surface area contributed by atoms with E-state index in [0.717, 1.165) is 40.7 Å². The molecule has 1 aliphatic rings. The summed E-state index contributed by atoms with van der Waals surface area (Å²) in [6.45, 7) is 5.24. The summed E-state index contributed by atoms with van der Waals surface area (Å²) in [7, 11) is -22.1. The lowest BCUT2D eigenvalue weighted by Gasteiger charge is -2.33. The minimum absolute atomic E-state index is 0.0353. The monoisotopic (exact) mass is 1100 g/mol. The number of hydrogen-bond acceptors (Lipinski definition) is 14. The second-order valence-electron chi connectivity index (χ2n) is 18.4. The molecule has 1 fully saturated rings. The van der Waals surface area contributed by atoms with E-state index in [2.05, 4.69) is 9.71 Å². The minimum atomic E-state index is -4.53. The molecule has 6 rings (SSSR count). The smallest absolute Gasteiger partial charge is 0.265 e. The molecule has 0 saturated heterocycles. The Morgan fingerprint density at radius 3 is 1.22 bits per heavy atom. The number of nitrogens with two attached hydrogens (primary N) is 1. The minimum Gasteiger partial charge on any atom is -0.265 e.